The number of fused-ring (bicyclic) bond motifs is 2. The van der Waals surface area contributed by atoms with Gasteiger partial charge in [0.1, 0.15) is 5.82 Å². The number of nitrogens with one attached hydrogen (secondary N) is 1. The van der Waals surface area contributed by atoms with E-state index < -0.39 is 0 Å². The normalized spacial score (nSPS) is 18.1. The molecule has 0 saturated carbocycles. The summed E-state index contributed by atoms with van der Waals surface area (Å²) in [5.74, 6) is -0.324. The molecule has 1 aliphatic heterocycles. The fraction of sp³-hybridized carbons (Fsp3) is 0.333. The Labute approximate surface area is 169 Å². The third kappa shape index (κ3) is 2.87. The van der Waals surface area contributed by atoms with E-state index in [2.05, 4.69) is 30.1 Å². The summed E-state index contributed by atoms with van der Waals surface area (Å²) in [5.41, 5.74) is 6.99. The van der Waals surface area contributed by atoms with E-state index in [4.69, 9.17) is 0 Å². The van der Waals surface area contributed by atoms with Crippen LogP contribution in [0.2, 0.25) is 0 Å². The number of amides is 1. The lowest BCUT2D eigenvalue weighted by molar-refractivity contribution is 0.0713. The summed E-state index contributed by atoms with van der Waals surface area (Å²) < 4.78 is 14.2. The number of benzene rings is 2. The number of aromatic nitrogens is 2. The van der Waals surface area contributed by atoms with Crippen LogP contribution in [0.15, 0.2) is 42.5 Å². The molecule has 0 bridgehead atoms. The minimum atomic E-state index is -0.324. The van der Waals surface area contributed by atoms with Crippen LogP contribution in [0.3, 0.4) is 0 Å². The van der Waals surface area contributed by atoms with Crippen molar-refractivity contribution < 1.29 is 9.18 Å². The first-order chi connectivity index (χ1) is 13.8. The summed E-state index contributed by atoms with van der Waals surface area (Å²) in [6, 6.07) is 12.3. The van der Waals surface area contributed by atoms with E-state index in [9.17, 15) is 9.18 Å². The van der Waals surface area contributed by atoms with E-state index in [-0.39, 0.29) is 23.2 Å². The van der Waals surface area contributed by atoms with E-state index in [1.807, 2.05) is 19.1 Å². The smallest absolute Gasteiger partial charge is 0.255 e. The van der Waals surface area contributed by atoms with Crippen molar-refractivity contribution in [2.24, 2.45) is 5.41 Å². The molecule has 1 amide bonds. The molecule has 1 atom stereocenters. The van der Waals surface area contributed by atoms with Crippen molar-refractivity contribution in [3.8, 4) is 11.3 Å². The van der Waals surface area contributed by atoms with Gasteiger partial charge in [-0.05, 0) is 48.9 Å². The third-order valence-electron chi connectivity index (χ3n) is 6.30. The topological polar surface area (TPSA) is 49.0 Å². The first-order valence-electron chi connectivity index (χ1n) is 10.1. The fourth-order valence-electron chi connectivity index (χ4n) is 4.78. The second-order valence-electron chi connectivity index (χ2n) is 9.05. The summed E-state index contributed by atoms with van der Waals surface area (Å²) in [7, 11) is 0. The van der Waals surface area contributed by atoms with Gasteiger partial charge < -0.3 is 4.90 Å². The molecule has 3 aromatic rings. The van der Waals surface area contributed by atoms with Crippen molar-refractivity contribution in [1.82, 2.24) is 15.1 Å². The maximum atomic E-state index is 14.2. The minimum Gasteiger partial charge on any atom is -0.327 e. The molecule has 5 rings (SSSR count). The highest BCUT2D eigenvalue weighted by Gasteiger charge is 2.35. The number of rotatable bonds is 3. The second-order valence-corrected chi connectivity index (χ2v) is 9.05. The first kappa shape index (κ1) is 18.1. The molecule has 5 heteroatoms. The monoisotopic (exact) mass is 389 g/mol. The van der Waals surface area contributed by atoms with Crippen LogP contribution in [0.4, 0.5) is 4.39 Å². The molecular weight excluding hydrogens is 365 g/mol. The summed E-state index contributed by atoms with van der Waals surface area (Å²) >= 11 is 0. The SMILES string of the molecule is C[C@H](c1ccccc1F)N1Cc2cc(-c3n[nH]c4c3CC(C)(C)C4)ccc2C1=O. The molecule has 0 unspecified atom stereocenters. The van der Waals surface area contributed by atoms with Gasteiger partial charge in [-0.25, -0.2) is 4.39 Å². The van der Waals surface area contributed by atoms with Crippen molar-refractivity contribution in [2.45, 2.75) is 46.2 Å². The Morgan fingerprint density at radius 3 is 2.76 bits per heavy atom. The highest BCUT2D eigenvalue weighted by Crippen LogP contribution is 2.41. The zero-order valence-electron chi connectivity index (χ0n) is 16.9. The van der Waals surface area contributed by atoms with Gasteiger partial charge in [0.2, 0.25) is 0 Å². The Morgan fingerprint density at radius 1 is 1.17 bits per heavy atom. The average Bonchev–Trinajstić information content (AvgIpc) is 3.31. The molecule has 0 spiro atoms. The van der Waals surface area contributed by atoms with Gasteiger partial charge in [-0.2, -0.15) is 5.10 Å². The quantitative estimate of drug-likeness (QED) is 0.681. The standard InChI is InChI=1S/C24H24FN3O/c1-14(17-6-4-5-7-20(17)25)28-13-16-10-15(8-9-18(16)23(28)29)22-19-11-24(2,3)12-21(19)26-27-22/h4-10,14H,11-13H2,1-3H3,(H,26,27)/t14-/m1/s1. The number of hydrogen-bond acceptors (Lipinski definition) is 2. The van der Waals surface area contributed by atoms with Crippen molar-refractivity contribution in [1.29, 1.82) is 0 Å². The highest BCUT2D eigenvalue weighted by molar-refractivity contribution is 5.99. The van der Waals surface area contributed by atoms with Crippen LogP contribution in [0.1, 0.15) is 59.6 Å². The van der Waals surface area contributed by atoms with Crippen molar-refractivity contribution in [3.05, 3.63) is 76.2 Å². The molecule has 1 aliphatic carbocycles. The lowest BCUT2D eigenvalue weighted by Gasteiger charge is -2.25. The van der Waals surface area contributed by atoms with Crippen LogP contribution in [0.25, 0.3) is 11.3 Å². The summed E-state index contributed by atoms with van der Waals surface area (Å²) in [5, 5.41) is 7.76. The van der Waals surface area contributed by atoms with Gasteiger partial charge in [-0.15, -0.1) is 0 Å². The lowest BCUT2D eigenvalue weighted by atomic mass is 9.90. The number of carbonyl (C=O) groups is 1. The molecule has 2 aromatic carbocycles. The first-order valence-corrected chi connectivity index (χ1v) is 10.1. The van der Waals surface area contributed by atoms with Gasteiger partial charge >= 0.3 is 0 Å². The molecule has 2 aliphatic rings. The van der Waals surface area contributed by atoms with E-state index >= 15 is 0 Å². The van der Waals surface area contributed by atoms with Gasteiger partial charge in [0.15, 0.2) is 0 Å². The van der Waals surface area contributed by atoms with Crippen LogP contribution in [0, 0.1) is 11.2 Å². The van der Waals surface area contributed by atoms with E-state index in [1.165, 1.54) is 17.3 Å². The van der Waals surface area contributed by atoms with Crippen LogP contribution >= 0.6 is 0 Å². The fourth-order valence-corrected chi connectivity index (χ4v) is 4.78. The van der Waals surface area contributed by atoms with Gasteiger partial charge in [0.05, 0.1) is 11.7 Å². The van der Waals surface area contributed by atoms with Crippen molar-refractivity contribution >= 4 is 5.91 Å². The molecule has 0 radical (unpaired) electrons. The Bertz CT molecular complexity index is 1130. The Balaban J connectivity index is 1.46. The van der Waals surface area contributed by atoms with E-state index in [0.717, 1.165) is 29.7 Å². The highest BCUT2D eigenvalue weighted by atomic mass is 19.1. The number of hydrogen-bond donors (Lipinski definition) is 1. The largest absolute Gasteiger partial charge is 0.327 e. The van der Waals surface area contributed by atoms with Gasteiger partial charge in [0.25, 0.3) is 5.91 Å². The molecular formula is C24H24FN3O. The Hall–Kier alpha value is -2.95. The predicted octanol–water partition coefficient (Wildman–Crippen LogP) is 5.06. The summed E-state index contributed by atoms with van der Waals surface area (Å²) in [6.07, 6.45) is 2.01. The lowest BCUT2D eigenvalue weighted by Crippen LogP contribution is -2.27. The molecule has 148 valence electrons. The second kappa shape index (κ2) is 6.28. The Kier molecular flexibility index (Phi) is 3.92. The molecule has 1 aromatic heterocycles. The average molecular weight is 389 g/mol. The number of H-pyrrole nitrogens is 1. The molecule has 2 heterocycles. The zero-order chi connectivity index (χ0) is 20.3. The number of carbonyl (C=O) groups excluding carboxylic acids is 1. The van der Waals surface area contributed by atoms with Crippen molar-refractivity contribution in [2.75, 3.05) is 0 Å². The summed E-state index contributed by atoms with van der Waals surface area (Å²) in [4.78, 5) is 14.7. The molecule has 4 nitrogen and oxygen atoms in total. The van der Waals surface area contributed by atoms with Crippen molar-refractivity contribution in [3.63, 3.8) is 0 Å². The molecule has 1 N–H and O–H groups in total. The van der Waals surface area contributed by atoms with Crippen LogP contribution in [0.5, 0.6) is 0 Å². The third-order valence-corrected chi connectivity index (χ3v) is 6.30. The number of halogens is 1. The number of aromatic amines is 1. The van der Waals surface area contributed by atoms with Gasteiger partial charge in [-0.1, -0.05) is 38.1 Å². The number of nitrogens with zero attached hydrogens (tertiary/aromatic N) is 2. The maximum absolute atomic E-state index is 14.2. The zero-order valence-corrected chi connectivity index (χ0v) is 16.9. The Morgan fingerprint density at radius 2 is 1.97 bits per heavy atom. The minimum absolute atomic E-state index is 0.0457. The van der Waals surface area contributed by atoms with Gasteiger partial charge in [0, 0.05) is 34.5 Å². The molecule has 0 saturated heterocycles. The summed E-state index contributed by atoms with van der Waals surface area (Å²) in [6.45, 7) is 6.91. The molecule has 29 heavy (non-hydrogen) atoms. The maximum Gasteiger partial charge on any atom is 0.255 e. The van der Waals surface area contributed by atoms with Crippen LogP contribution < -0.4 is 0 Å². The van der Waals surface area contributed by atoms with E-state index in [1.54, 1.807) is 23.1 Å². The molecule has 0 fully saturated rings. The van der Waals surface area contributed by atoms with E-state index in [0.29, 0.717) is 17.7 Å². The predicted molar refractivity (Wildman–Crippen MR) is 110 cm³/mol. The van der Waals surface area contributed by atoms with Crippen LogP contribution in [-0.4, -0.2) is 21.0 Å². The van der Waals surface area contributed by atoms with Gasteiger partial charge in [-0.3, -0.25) is 9.89 Å². The van der Waals surface area contributed by atoms with Crippen LogP contribution in [-0.2, 0) is 19.4 Å².